The van der Waals surface area contributed by atoms with Crippen molar-refractivity contribution in [2.75, 3.05) is 0 Å². The van der Waals surface area contributed by atoms with E-state index in [1.807, 2.05) is 48.5 Å². The fourth-order valence-corrected chi connectivity index (χ4v) is 4.39. The number of pyridine rings is 2. The van der Waals surface area contributed by atoms with Crippen LogP contribution < -0.4 is 0 Å². The molecule has 6 aromatic rings. The first-order chi connectivity index (χ1) is 14.9. The Morgan fingerprint density at radius 1 is 0.767 bits per heavy atom. The maximum atomic E-state index is 4.87. The first-order valence-corrected chi connectivity index (χ1v) is 10.3. The van der Waals surface area contributed by atoms with Gasteiger partial charge in [-0.3, -0.25) is 4.98 Å². The van der Waals surface area contributed by atoms with Crippen molar-refractivity contribution in [2.45, 2.75) is 0 Å². The average molecular weight is 406 g/mol. The summed E-state index contributed by atoms with van der Waals surface area (Å²) in [4.78, 5) is 9.70. The summed E-state index contributed by atoms with van der Waals surface area (Å²) in [6, 6.07) is 24.3. The lowest BCUT2D eigenvalue weighted by atomic mass is 10.0. The highest BCUT2D eigenvalue weighted by Crippen LogP contribution is 2.35. The Balaban J connectivity index is 1.58. The molecule has 0 bridgehead atoms. The Bertz CT molecular complexity index is 1490. The molecule has 4 heterocycles. The third-order valence-corrected chi connectivity index (χ3v) is 5.88. The average Bonchev–Trinajstić information content (AvgIpc) is 3.40. The predicted octanol–water partition coefficient (Wildman–Crippen LogP) is 5.13. The van der Waals surface area contributed by atoms with E-state index in [2.05, 4.69) is 39.4 Å². The molecule has 4 aromatic heterocycles. The molecular formula is C23H14N6S. The van der Waals surface area contributed by atoms with E-state index >= 15 is 0 Å². The highest BCUT2D eigenvalue weighted by Gasteiger charge is 2.17. The van der Waals surface area contributed by atoms with Gasteiger partial charge in [-0.15, -0.1) is 10.2 Å². The topological polar surface area (TPSA) is 68.9 Å². The first-order valence-electron chi connectivity index (χ1n) is 9.45. The van der Waals surface area contributed by atoms with E-state index in [0.29, 0.717) is 5.82 Å². The van der Waals surface area contributed by atoms with Crippen LogP contribution in [0.5, 0.6) is 0 Å². The molecule has 0 saturated carbocycles. The van der Waals surface area contributed by atoms with Crippen LogP contribution >= 0.6 is 11.3 Å². The highest BCUT2D eigenvalue weighted by molar-refractivity contribution is 7.20. The monoisotopic (exact) mass is 406 g/mol. The minimum Gasteiger partial charge on any atom is -0.265 e. The number of para-hydroxylation sites is 1. The molecule has 6 nitrogen and oxygen atoms in total. The van der Waals surface area contributed by atoms with Gasteiger partial charge in [0.25, 0.3) is 0 Å². The van der Waals surface area contributed by atoms with Crippen LogP contribution in [0.4, 0.5) is 0 Å². The number of fused-ring (bicyclic) bond motifs is 2. The van der Waals surface area contributed by atoms with Crippen LogP contribution in [0.25, 0.3) is 49.1 Å². The summed E-state index contributed by atoms with van der Waals surface area (Å²) >= 11 is 1.52. The number of aromatic nitrogens is 6. The molecule has 0 N–H and O–H groups in total. The van der Waals surface area contributed by atoms with Gasteiger partial charge < -0.3 is 0 Å². The van der Waals surface area contributed by atoms with Crippen LogP contribution in [0.1, 0.15) is 0 Å². The zero-order chi connectivity index (χ0) is 19.9. The summed E-state index contributed by atoms with van der Waals surface area (Å²) in [5.41, 5.74) is 4.90. The van der Waals surface area contributed by atoms with Gasteiger partial charge in [-0.05, 0) is 24.3 Å². The second-order valence-corrected chi connectivity index (χ2v) is 7.76. The number of rotatable bonds is 3. The van der Waals surface area contributed by atoms with E-state index in [9.17, 15) is 0 Å². The molecule has 0 fully saturated rings. The van der Waals surface area contributed by atoms with Gasteiger partial charge in [0.05, 0.1) is 11.2 Å². The zero-order valence-electron chi connectivity index (χ0n) is 15.7. The Hall–Kier alpha value is -3.97. The fraction of sp³-hybridized carbons (Fsp3) is 0. The van der Waals surface area contributed by atoms with Crippen molar-refractivity contribution in [3.8, 4) is 33.2 Å². The molecule has 142 valence electrons. The first kappa shape index (κ1) is 16.9. The lowest BCUT2D eigenvalue weighted by Gasteiger charge is -2.08. The Morgan fingerprint density at radius 3 is 2.43 bits per heavy atom. The number of hydrogen-bond acceptors (Lipinski definition) is 6. The number of benzene rings is 2. The maximum Gasteiger partial charge on any atom is 0.235 e. The zero-order valence-corrected chi connectivity index (χ0v) is 16.5. The fourth-order valence-electron chi connectivity index (χ4n) is 3.52. The molecular weight excluding hydrogens is 392 g/mol. The van der Waals surface area contributed by atoms with Crippen LogP contribution in [-0.2, 0) is 0 Å². The third-order valence-electron chi connectivity index (χ3n) is 4.95. The van der Waals surface area contributed by atoms with Gasteiger partial charge in [-0.1, -0.05) is 59.9 Å². The van der Waals surface area contributed by atoms with Crippen LogP contribution in [0, 0.1) is 0 Å². The van der Waals surface area contributed by atoms with Gasteiger partial charge in [0.15, 0.2) is 5.82 Å². The molecule has 2 aromatic carbocycles. The smallest absolute Gasteiger partial charge is 0.235 e. The standard InChI is InChI=1S/C23H14N6S/c1-2-6-15(7-3-1)20-14-18(17-8-4-5-9-19(17)25-20)22-28-29-21(26-27-23(29)30-22)16-10-12-24-13-11-16/h1-14H. The van der Waals surface area contributed by atoms with Gasteiger partial charge in [0.1, 0.15) is 5.01 Å². The molecule has 0 amide bonds. The van der Waals surface area contributed by atoms with Crippen LogP contribution in [0.15, 0.2) is 85.2 Å². The third kappa shape index (κ3) is 2.75. The van der Waals surface area contributed by atoms with Crippen molar-refractivity contribution >= 4 is 27.2 Å². The lowest BCUT2D eigenvalue weighted by Crippen LogP contribution is -1.93. The molecule has 6 rings (SSSR count). The molecule has 0 radical (unpaired) electrons. The second-order valence-electron chi connectivity index (χ2n) is 6.80. The lowest BCUT2D eigenvalue weighted by molar-refractivity contribution is 0.970. The van der Waals surface area contributed by atoms with Crippen LogP contribution in [0.2, 0.25) is 0 Å². The number of nitrogens with zero attached hydrogens (tertiary/aromatic N) is 6. The summed E-state index contributed by atoms with van der Waals surface area (Å²) in [7, 11) is 0. The molecule has 0 saturated heterocycles. The molecule has 0 aliphatic rings. The van der Waals surface area contributed by atoms with Crippen molar-refractivity contribution in [3.05, 3.63) is 85.2 Å². The number of hydrogen-bond donors (Lipinski definition) is 0. The Labute approximate surface area is 175 Å². The van der Waals surface area contributed by atoms with Gasteiger partial charge in [-0.2, -0.15) is 9.61 Å². The van der Waals surface area contributed by atoms with Crippen molar-refractivity contribution in [1.82, 2.24) is 29.8 Å². The minimum absolute atomic E-state index is 0.705. The summed E-state index contributed by atoms with van der Waals surface area (Å²) in [5.74, 6) is 0.705. The van der Waals surface area contributed by atoms with Crippen molar-refractivity contribution in [2.24, 2.45) is 0 Å². The molecule has 30 heavy (non-hydrogen) atoms. The Kier molecular flexibility index (Phi) is 3.85. The van der Waals surface area contributed by atoms with E-state index in [-0.39, 0.29) is 0 Å². The van der Waals surface area contributed by atoms with E-state index in [1.165, 1.54) is 11.3 Å². The van der Waals surface area contributed by atoms with Crippen molar-refractivity contribution < 1.29 is 0 Å². The van der Waals surface area contributed by atoms with E-state index in [4.69, 9.17) is 10.1 Å². The molecule has 0 atom stereocenters. The van der Waals surface area contributed by atoms with Gasteiger partial charge in [0.2, 0.25) is 4.96 Å². The van der Waals surface area contributed by atoms with Gasteiger partial charge >= 0.3 is 0 Å². The summed E-state index contributed by atoms with van der Waals surface area (Å²) < 4.78 is 1.80. The molecule has 0 aliphatic carbocycles. The van der Waals surface area contributed by atoms with Crippen LogP contribution in [-0.4, -0.2) is 29.8 Å². The van der Waals surface area contributed by atoms with E-state index in [1.54, 1.807) is 16.9 Å². The van der Waals surface area contributed by atoms with Crippen molar-refractivity contribution in [3.63, 3.8) is 0 Å². The summed E-state index contributed by atoms with van der Waals surface area (Å²) in [6.45, 7) is 0. The van der Waals surface area contributed by atoms with Crippen molar-refractivity contribution in [1.29, 1.82) is 0 Å². The normalized spacial score (nSPS) is 11.3. The highest BCUT2D eigenvalue weighted by atomic mass is 32.1. The SMILES string of the molecule is c1ccc(-c2cc(-c3nn4c(-c5ccncc5)nnc4s3)c3ccccc3n2)cc1. The second kappa shape index (κ2) is 6.82. The molecule has 0 spiro atoms. The van der Waals surface area contributed by atoms with E-state index in [0.717, 1.165) is 43.3 Å². The maximum absolute atomic E-state index is 4.87. The molecule has 0 unspecified atom stereocenters. The van der Waals surface area contributed by atoms with Gasteiger partial charge in [0, 0.05) is 34.5 Å². The predicted molar refractivity (Wildman–Crippen MR) is 118 cm³/mol. The Morgan fingerprint density at radius 2 is 1.57 bits per heavy atom. The van der Waals surface area contributed by atoms with Crippen LogP contribution in [0.3, 0.4) is 0 Å². The quantitative estimate of drug-likeness (QED) is 0.407. The summed E-state index contributed by atoms with van der Waals surface area (Å²) in [5, 5.41) is 15.5. The summed E-state index contributed by atoms with van der Waals surface area (Å²) in [6.07, 6.45) is 3.48. The molecule has 0 aliphatic heterocycles. The molecule has 7 heteroatoms. The van der Waals surface area contributed by atoms with E-state index < -0.39 is 0 Å². The van der Waals surface area contributed by atoms with Gasteiger partial charge in [-0.25, -0.2) is 4.98 Å². The minimum atomic E-state index is 0.705. The largest absolute Gasteiger partial charge is 0.265 e.